The zero-order valence-corrected chi connectivity index (χ0v) is 19.3. The second-order valence-corrected chi connectivity index (χ2v) is 8.96. The van der Waals surface area contributed by atoms with E-state index >= 15 is 0 Å². The molecule has 1 aliphatic heterocycles. The van der Waals surface area contributed by atoms with E-state index in [1.54, 1.807) is 6.20 Å². The van der Waals surface area contributed by atoms with E-state index in [4.69, 9.17) is 14.9 Å². The summed E-state index contributed by atoms with van der Waals surface area (Å²) in [6.45, 7) is 4.68. The van der Waals surface area contributed by atoms with Crippen LogP contribution in [0, 0.1) is 0 Å². The Morgan fingerprint density at radius 3 is 2.73 bits per heavy atom. The zero-order chi connectivity index (χ0) is 22.8. The summed E-state index contributed by atoms with van der Waals surface area (Å²) in [5.74, 6) is 1.35. The van der Waals surface area contributed by atoms with Gasteiger partial charge in [0.25, 0.3) is 0 Å². The average molecular weight is 447 g/mol. The van der Waals surface area contributed by atoms with Gasteiger partial charge in [-0.15, -0.1) is 5.10 Å². The van der Waals surface area contributed by atoms with Gasteiger partial charge in [-0.3, -0.25) is 0 Å². The molecule has 0 spiro atoms. The minimum atomic E-state index is -0.474. The van der Waals surface area contributed by atoms with Gasteiger partial charge in [-0.2, -0.15) is 5.10 Å². The van der Waals surface area contributed by atoms with Gasteiger partial charge in [-0.1, -0.05) is 18.2 Å². The van der Waals surface area contributed by atoms with Crippen molar-refractivity contribution >= 4 is 17.6 Å². The number of allylic oxidation sites excluding steroid dienone is 4. The number of rotatable bonds is 5. The molecule has 0 N–H and O–H groups in total. The number of anilines is 2. The largest absolute Gasteiger partial charge is 0.464 e. The van der Waals surface area contributed by atoms with Gasteiger partial charge in [0.1, 0.15) is 5.82 Å². The van der Waals surface area contributed by atoms with Crippen molar-refractivity contribution < 1.29 is 9.53 Å². The number of hydrogen-bond acceptors (Lipinski definition) is 8. The fourth-order valence-corrected chi connectivity index (χ4v) is 5.10. The number of ether oxygens (including phenoxy) is 1. The van der Waals surface area contributed by atoms with Crippen LogP contribution in [0.15, 0.2) is 36.2 Å². The Kier molecular flexibility index (Phi) is 6.07. The number of fused-ring (bicyclic) bond motifs is 1. The highest BCUT2D eigenvalue weighted by atomic mass is 16.5. The van der Waals surface area contributed by atoms with Gasteiger partial charge in [-0.05, 0) is 50.2 Å². The van der Waals surface area contributed by atoms with E-state index in [0.717, 1.165) is 69.1 Å². The minimum absolute atomic E-state index is 0.220. The highest BCUT2D eigenvalue weighted by Gasteiger charge is 2.30. The Morgan fingerprint density at radius 2 is 2.00 bits per heavy atom. The molecule has 0 unspecified atom stereocenters. The molecule has 0 radical (unpaired) electrons. The molecule has 1 fully saturated rings. The van der Waals surface area contributed by atoms with E-state index in [-0.39, 0.29) is 11.7 Å². The Labute approximate surface area is 194 Å². The summed E-state index contributed by atoms with van der Waals surface area (Å²) in [6.07, 6.45) is 16.5. The molecule has 33 heavy (non-hydrogen) atoms. The average Bonchev–Trinajstić information content (AvgIpc) is 3.35. The molecule has 8 nitrogen and oxygen atoms in total. The maximum absolute atomic E-state index is 11.6. The van der Waals surface area contributed by atoms with Gasteiger partial charge in [0, 0.05) is 37.7 Å². The van der Waals surface area contributed by atoms with Crippen molar-refractivity contribution in [2.24, 2.45) is 0 Å². The van der Waals surface area contributed by atoms with Gasteiger partial charge >= 0.3 is 5.97 Å². The number of carbonyl (C=O) groups is 1. The summed E-state index contributed by atoms with van der Waals surface area (Å²) in [5, 5.41) is 9.45. The topological polar surface area (TPSA) is 84.3 Å². The summed E-state index contributed by atoms with van der Waals surface area (Å²) in [6, 6.07) is 0.230. The number of hydrogen-bond donors (Lipinski definition) is 0. The van der Waals surface area contributed by atoms with Gasteiger partial charge in [0.15, 0.2) is 11.5 Å². The van der Waals surface area contributed by atoms with Crippen molar-refractivity contribution in [2.75, 3.05) is 36.5 Å². The summed E-state index contributed by atoms with van der Waals surface area (Å²) < 4.78 is 4.71. The maximum atomic E-state index is 11.6. The number of methoxy groups -OCH3 is 1. The third kappa shape index (κ3) is 4.34. The first-order valence-corrected chi connectivity index (χ1v) is 11.8. The summed E-state index contributed by atoms with van der Waals surface area (Å²) in [4.78, 5) is 24.9. The van der Waals surface area contributed by atoms with Gasteiger partial charge in [-0.25, -0.2) is 14.8 Å². The zero-order valence-electron chi connectivity index (χ0n) is 19.3. The molecule has 0 saturated carbocycles. The Morgan fingerprint density at radius 1 is 1.12 bits per heavy atom. The fraction of sp³-hybridized carbons (Fsp3) is 0.480. The first-order valence-electron chi connectivity index (χ1n) is 11.8. The third-order valence-electron chi connectivity index (χ3n) is 6.80. The molecule has 0 aromatic carbocycles. The van der Waals surface area contributed by atoms with Crippen LogP contribution in [0.1, 0.15) is 53.5 Å². The van der Waals surface area contributed by atoms with E-state index in [9.17, 15) is 4.79 Å². The first-order chi connectivity index (χ1) is 16.1. The quantitative estimate of drug-likeness (QED) is 0.648. The van der Waals surface area contributed by atoms with Crippen LogP contribution in [-0.4, -0.2) is 58.9 Å². The number of esters is 1. The molecule has 3 aliphatic rings. The molecule has 1 saturated heterocycles. The SMILES string of the molecule is COC(=O)c1cnc(N2CCN(c3nnc(CC4=CCCC=C4)c4c3CCC4)C[C@H]2C)cn1. The lowest BCUT2D eigenvalue weighted by atomic mass is 9.99. The number of carbonyl (C=O) groups excluding carboxylic acids is 1. The lowest BCUT2D eigenvalue weighted by molar-refractivity contribution is 0.0593. The van der Waals surface area contributed by atoms with Crippen LogP contribution in [0.3, 0.4) is 0 Å². The lowest BCUT2D eigenvalue weighted by Gasteiger charge is -2.41. The Balaban J connectivity index is 1.31. The molecular formula is C25H30N6O2. The van der Waals surface area contributed by atoms with Gasteiger partial charge in [0.2, 0.25) is 0 Å². The number of aromatic nitrogens is 4. The normalized spacial score (nSPS) is 19.9. The van der Waals surface area contributed by atoms with Crippen molar-refractivity contribution in [1.82, 2.24) is 20.2 Å². The standard InChI is InChI=1S/C25H30N6O2/c1-17-16-30(11-12-31(17)23-15-26-22(14-27-23)25(32)33-2)24-20-10-6-9-19(20)21(28-29-24)13-18-7-4-3-5-8-18/h4,7-8,14-15,17H,3,5-6,9-13,16H2,1-2H3/t17-/m1/s1. The maximum Gasteiger partial charge on any atom is 0.358 e. The fourth-order valence-electron chi connectivity index (χ4n) is 5.10. The highest BCUT2D eigenvalue weighted by molar-refractivity contribution is 5.86. The van der Waals surface area contributed by atoms with Crippen LogP contribution in [0.2, 0.25) is 0 Å². The van der Waals surface area contributed by atoms with Crippen LogP contribution in [0.5, 0.6) is 0 Å². The molecule has 1 atom stereocenters. The van der Waals surface area contributed by atoms with Crippen molar-refractivity contribution in [2.45, 2.75) is 51.5 Å². The van der Waals surface area contributed by atoms with E-state index < -0.39 is 5.97 Å². The van der Waals surface area contributed by atoms with Crippen molar-refractivity contribution in [3.8, 4) is 0 Å². The first kappa shape index (κ1) is 21.6. The smallest absolute Gasteiger partial charge is 0.358 e. The Hall–Kier alpha value is -3.29. The second-order valence-electron chi connectivity index (χ2n) is 8.96. The van der Waals surface area contributed by atoms with Crippen molar-refractivity contribution in [3.05, 3.63) is 58.7 Å². The predicted molar refractivity (Wildman–Crippen MR) is 127 cm³/mol. The molecule has 2 aliphatic carbocycles. The monoisotopic (exact) mass is 446 g/mol. The van der Waals surface area contributed by atoms with Crippen molar-refractivity contribution in [3.63, 3.8) is 0 Å². The molecule has 2 aromatic heterocycles. The second kappa shape index (κ2) is 9.29. The highest BCUT2D eigenvalue weighted by Crippen LogP contribution is 2.33. The molecule has 172 valence electrons. The number of nitrogens with zero attached hydrogens (tertiary/aromatic N) is 6. The molecule has 0 bridgehead atoms. The predicted octanol–water partition coefficient (Wildman–Crippen LogP) is 3.08. The molecule has 2 aromatic rings. The Bertz CT molecular complexity index is 1090. The van der Waals surface area contributed by atoms with Crippen LogP contribution < -0.4 is 9.80 Å². The van der Waals surface area contributed by atoms with Crippen LogP contribution in [0.4, 0.5) is 11.6 Å². The van der Waals surface area contributed by atoms with E-state index in [2.05, 4.69) is 44.9 Å². The van der Waals surface area contributed by atoms with Crippen molar-refractivity contribution in [1.29, 1.82) is 0 Å². The molecule has 8 heteroatoms. The van der Waals surface area contributed by atoms with Gasteiger partial charge < -0.3 is 14.5 Å². The molecular weight excluding hydrogens is 416 g/mol. The summed E-state index contributed by atoms with van der Waals surface area (Å²) in [7, 11) is 1.34. The lowest BCUT2D eigenvalue weighted by Crippen LogP contribution is -2.53. The van der Waals surface area contributed by atoms with Crippen LogP contribution >= 0.6 is 0 Å². The third-order valence-corrected chi connectivity index (χ3v) is 6.80. The van der Waals surface area contributed by atoms with Crippen LogP contribution in [0.25, 0.3) is 0 Å². The molecule has 0 amide bonds. The van der Waals surface area contributed by atoms with E-state index in [0.29, 0.717) is 0 Å². The van der Waals surface area contributed by atoms with Gasteiger partial charge in [0.05, 0.1) is 25.2 Å². The van der Waals surface area contributed by atoms with E-state index in [1.165, 1.54) is 36.4 Å². The molecule has 5 rings (SSSR count). The number of piperazine rings is 1. The van der Waals surface area contributed by atoms with Crippen LogP contribution in [-0.2, 0) is 24.0 Å². The summed E-state index contributed by atoms with van der Waals surface area (Å²) in [5.41, 5.74) is 5.54. The minimum Gasteiger partial charge on any atom is -0.464 e. The summed E-state index contributed by atoms with van der Waals surface area (Å²) >= 11 is 0. The molecule has 3 heterocycles. The van der Waals surface area contributed by atoms with E-state index in [1.807, 2.05) is 0 Å².